The van der Waals surface area contributed by atoms with Crippen molar-refractivity contribution >= 4 is 33.2 Å². The second-order valence-electron chi connectivity index (χ2n) is 4.47. The molecule has 106 valence electrons. The summed E-state index contributed by atoms with van der Waals surface area (Å²) < 4.78 is 6.62. The molecule has 0 spiro atoms. The zero-order chi connectivity index (χ0) is 14.4. The maximum Gasteiger partial charge on any atom is 0.133 e. The van der Waals surface area contributed by atoms with Gasteiger partial charge in [-0.25, -0.2) is 0 Å². The number of rotatable bonds is 6. The van der Waals surface area contributed by atoms with Crippen LogP contribution in [0.3, 0.4) is 0 Å². The molecule has 0 aromatic heterocycles. The summed E-state index contributed by atoms with van der Waals surface area (Å²) in [5.74, 6) is 0.891. The number of halogens is 2. The van der Waals surface area contributed by atoms with Crippen LogP contribution in [0.15, 0.2) is 46.9 Å². The van der Waals surface area contributed by atoms with Crippen molar-refractivity contribution in [3.8, 4) is 5.75 Å². The predicted octanol–water partition coefficient (Wildman–Crippen LogP) is 5.50. The molecule has 0 aliphatic carbocycles. The van der Waals surface area contributed by atoms with Gasteiger partial charge in [-0.15, -0.1) is 0 Å². The van der Waals surface area contributed by atoms with Gasteiger partial charge in [0, 0.05) is 17.3 Å². The van der Waals surface area contributed by atoms with Crippen LogP contribution in [0.25, 0.3) is 0 Å². The summed E-state index contributed by atoms with van der Waals surface area (Å²) in [4.78, 5) is 0. The first-order valence-corrected chi connectivity index (χ1v) is 7.77. The summed E-state index contributed by atoms with van der Waals surface area (Å²) in [5, 5.41) is 4.10. The maximum atomic E-state index is 5.86. The third-order valence-electron chi connectivity index (χ3n) is 2.80. The molecule has 0 amide bonds. The van der Waals surface area contributed by atoms with Crippen molar-refractivity contribution in [2.24, 2.45) is 0 Å². The van der Waals surface area contributed by atoms with Crippen molar-refractivity contribution in [3.63, 3.8) is 0 Å². The molecule has 2 nitrogen and oxygen atoms in total. The van der Waals surface area contributed by atoms with E-state index in [0.29, 0.717) is 0 Å². The predicted molar refractivity (Wildman–Crippen MR) is 88.7 cm³/mol. The smallest absolute Gasteiger partial charge is 0.133 e. The second kappa shape index (κ2) is 7.55. The van der Waals surface area contributed by atoms with Crippen LogP contribution in [-0.2, 0) is 6.54 Å². The van der Waals surface area contributed by atoms with Crippen LogP contribution in [0.2, 0.25) is 5.02 Å². The summed E-state index contributed by atoms with van der Waals surface area (Å²) in [6.45, 7) is 3.59. The summed E-state index contributed by atoms with van der Waals surface area (Å²) >= 11 is 9.40. The van der Waals surface area contributed by atoms with E-state index in [0.717, 1.165) is 40.5 Å². The number of hydrogen-bond acceptors (Lipinski definition) is 2. The quantitative estimate of drug-likeness (QED) is 0.739. The Kier molecular flexibility index (Phi) is 5.74. The lowest BCUT2D eigenvalue weighted by molar-refractivity contribution is 0.315. The number of anilines is 1. The van der Waals surface area contributed by atoms with Crippen molar-refractivity contribution in [2.75, 3.05) is 11.9 Å². The van der Waals surface area contributed by atoms with Crippen LogP contribution in [0.1, 0.15) is 18.9 Å². The standard InChI is InChI=1S/C16H17BrClNO/c1-2-9-20-16-8-3-12(10-15(16)17)11-19-14-6-4-13(18)5-7-14/h3-8,10,19H,2,9,11H2,1H3. The van der Waals surface area contributed by atoms with Crippen molar-refractivity contribution in [2.45, 2.75) is 19.9 Å². The molecule has 0 unspecified atom stereocenters. The van der Waals surface area contributed by atoms with Crippen molar-refractivity contribution < 1.29 is 4.74 Å². The molecule has 4 heteroatoms. The number of nitrogens with one attached hydrogen (secondary N) is 1. The van der Waals surface area contributed by atoms with Crippen LogP contribution < -0.4 is 10.1 Å². The third-order valence-corrected chi connectivity index (χ3v) is 3.67. The average molecular weight is 355 g/mol. The van der Waals surface area contributed by atoms with E-state index < -0.39 is 0 Å². The Morgan fingerprint density at radius 2 is 1.90 bits per heavy atom. The minimum absolute atomic E-state index is 0.737. The Hall–Kier alpha value is -1.19. The van der Waals surface area contributed by atoms with E-state index in [9.17, 15) is 0 Å². The van der Waals surface area contributed by atoms with Crippen LogP contribution in [0, 0.1) is 0 Å². The highest BCUT2D eigenvalue weighted by molar-refractivity contribution is 9.10. The normalized spacial score (nSPS) is 10.3. The Balaban J connectivity index is 1.96. The Morgan fingerprint density at radius 1 is 1.15 bits per heavy atom. The van der Waals surface area contributed by atoms with Crippen LogP contribution in [0.4, 0.5) is 5.69 Å². The monoisotopic (exact) mass is 353 g/mol. The first-order valence-electron chi connectivity index (χ1n) is 6.59. The molecule has 0 aliphatic rings. The molecule has 0 fully saturated rings. The van der Waals surface area contributed by atoms with Crippen molar-refractivity contribution in [1.29, 1.82) is 0 Å². The van der Waals surface area contributed by atoms with Gasteiger partial charge in [-0.2, -0.15) is 0 Å². The van der Waals surface area contributed by atoms with E-state index in [1.807, 2.05) is 30.3 Å². The van der Waals surface area contributed by atoms with E-state index in [4.69, 9.17) is 16.3 Å². The van der Waals surface area contributed by atoms with Gasteiger partial charge in [0.2, 0.25) is 0 Å². The molecule has 0 aliphatic heterocycles. The molecule has 20 heavy (non-hydrogen) atoms. The maximum absolute atomic E-state index is 5.86. The number of ether oxygens (including phenoxy) is 1. The van der Waals surface area contributed by atoms with E-state index in [-0.39, 0.29) is 0 Å². The van der Waals surface area contributed by atoms with Gasteiger partial charge in [0.05, 0.1) is 11.1 Å². The van der Waals surface area contributed by atoms with Gasteiger partial charge >= 0.3 is 0 Å². The van der Waals surface area contributed by atoms with Gasteiger partial charge in [-0.3, -0.25) is 0 Å². The highest BCUT2D eigenvalue weighted by Crippen LogP contribution is 2.26. The summed E-state index contributed by atoms with van der Waals surface area (Å²) in [5.41, 5.74) is 2.24. The highest BCUT2D eigenvalue weighted by atomic mass is 79.9. The van der Waals surface area contributed by atoms with Crippen LogP contribution in [0.5, 0.6) is 5.75 Å². The molecule has 2 aromatic carbocycles. The highest BCUT2D eigenvalue weighted by Gasteiger charge is 2.02. The Morgan fingerprint density at radius 3 is 2.55 bits per heavy atom. The SMILES string of the molecule is CCCOc1ccc(CNc2ccc(Cl)cc2)cc1Br. The van der Waals surface area contributed by atoms with E-state index in [1.165, 1.54) is 5.56 Å². The molecule has 2 rings (SSSR count). The molecule has 1 N–H and O–H groups in total. The largest absolute Gasteiger partial charge is 0.492 e. The van der Waals surface area contributed by atoms with E-state index in [1.54, 1.807) is 0 Å². The zero-order valence-electron chi connectivity index (χ0n) is 11.3. The molecule has 2 aromatic rings. The minimum atomic E-state index is 0.737. The van der Waals surface area contributed by atoms with Crippen molar-refractivity contribution in [3.05, 3.63) is 57.5 Å². The van der Waals surface area contributed by atoms with Crippen molar-refractivity contribution in [1.82, 2.24) is 0 Å². The van der Waals surface area contributed by atoms with Gasteiger partial charge in [0.25, 0.3) is 0 Å². The average Bonchev–Trinajstić information content (AvgIpc) is 2.46. The van der Waals surface area contributed by atoms with Gasteiger partial charge < -0.3 is 10.1 Å². The van der Waals surface area contributed by atoms with Crippen LogP contribution >= 0.6 is 27.5 Å². The lowest BCUT2D eigenvalue weighted by Gasteiger charge is -2.10. The lowest BCUT2D eigenvalue weighted by atomic mass is 10.2. The summed E-state index contributed by atoms with van der Waals surface area (Å²) in [6.07, 6.45) is 1.01. The zero-order valence-corrected chi connectivity index (χ0v) is 13.7. The molecule has 0 radical (unpaired) electrons. The van der Waals surface area contributed by atoms with E-state index in [2.05, 4.69) is 40.3 Å². The van der Waals surface area contributed by atoms with Gasteiger partial charge in [0.1, 0.15) is 5.75 Å². The molecule has 0 bridgehead atoms. The molecule has 0 saturated heterocycles. The summed E-state index contributed by atoms with van der Waals surface area (Å²) in [7, 11) is 0. The Bertz CT molecular complexity index is 557. The Labute approximate surface area is 133 Å². The first kappa shape index (κ1) is 15.2. The second-order valence-corrected chi connectivity index (χ2v) is 5.76. The molecule has 0 saturated carbocycles. The lowest BCUT2D eigenvalue weighted by Crippen LogP contribution is -2.00. The van der Waals surface area contributed by atoms with Gasteiger partial charge in [0.15, 0.2) is 0 Å². The topological polar surface area (TPSA) is 21.3 Å². The first-order chi connectivity index (χ1) is 9.69. The van der Waals surface area contributed by atoms with Crippen LogP contribution in [-0.4, -0.2) is 6.61 Å². The van der Waals surface area contributed by atoms with Gasteiger partial charge in [-0.05, 0) is 64.3 Å². The minimum Gasteiger partial charge on any atom is -0.492 e. The molecule has 0 heterocycles. The van der Waals surface area contributed by atoms with Gasteiger partial charge in [-0.1, -0.05) is 24.6 Å². The number of hydrogen-bond donors (Lipinski definition) is 1. The fourth-order valence-electron chi connectivity index (χ4n) is 1.76. The fraction of sp³-hybridized carbons (Fsp3) is 0.250. The molecular formula is C16H17BrClNO. The summed E-state index contributed by atoms with van der Waals surface area (Å²) in [6, 6.07) is 13.8. The molecular weight excluding hydrogens is 338 g/mol. The molecule has 0 atom stereocenters. The van der Waals surface area contributed by atoms with E-state index >= 15 is 0 Å². The third kappa shape index (κ3) is 4.43. The number of benzene rings is 2. The fourth-order valence-corrected chi connectivity index (χ4v) is 2.42.